The first-order chi connectivity index (χ1) is 14.8. The molecule has 1 aromatic heterocycles. The van der Waals surface area contributed by atoms with E-state index in [0.29, 0.717) is 22.3 Å². The van der Waals surface area contributed by atoms with Gasteiger partial charge in [0, 0.05) is 10.9 Å². The maximum absolute atomic E-state index is 12.5. The molecule has 3 aromatic rings. The molecule has 1 unspecified atom stereocenters. The number of aromatic nitrogens is 1. The molecule has 0 radical (unpaired) electrons. The fraction of sp³-hybridized carbons (Fsp3) is 0.190. The summed E-state index contributed by atoms with van der Waals surface area (Å²) in [7, 11) is 3.14. The average Bonchev–Trinajstić information content (AvgIpc) is 3.23. The number of thiazole rings is 1. The fourth-order valence-electron chi connectivity index (χ4n) is 2.70. The number of methoxy groups -OCH3 is 2. The van der Waals surface area contributed by atoms with Gasteiger partial charge >= 0.3 is 0 Å². The number of rotatable bonds is 7. The van der Waals surface area contributed by atoms with Gasteiger partial charge in [-0.25, -0.2) is 4.98 Å². The molecular formula is C21H19Cl2N3O4S. The van der Waals surface area contributed by atoms with Crippen LogP contribution in [0, 0.1) is 0 Å². The predicted molar refractivity (Wildman–Crippen MR) is 123 cm³/mol. The summed E-state index contributed by atoms with van der Waals surface area (Å²) in [5.41, 5.74) is 1.55. The molecule has 2 aromatic carbocycles. The van der Waals surface area contributed by atoms with E-state index in [-0.39, 0.29) is 15.6 Å². The van der Waals surface area contributed by atoms with Crippen molar-refractivity contribution >= 4 is 51.5 Å². The first kappa shape index (κ1) is 22.9. The topological polar surface area (TPSA) is 89.5 Å². The van der Waals surface area contributed by atoms with Crippen LogP contribution in [-0.2, 0) is 4.79 Å². The zero-order valence-electron chi connectivity index (χ0n) is 16.9. The molecule has 2 N–H and O–H groups in total. The van der Waals surface area contributed by atoms with E-state index in [4.69, 9.17) is 32.7 Å². The molecule has 3 rings (SSSR count). The van der Waals surface area contributed by atoms with Crippen LogP contribution in [0.1, 0.15) is 17.3 Å². The highest BCUT2D eigenvalue weighted by Crippen LogP contribution is 2.35. The molecule has 31 heavy (non-hydrogen) atoms. The molecule has 2 amide bonds. The number of halogens is 2. The van der Waals surface area contributed by atoms with Crippen LogP contribution < -0.4 is 20.1 Å². The van der Waals surface area contributed by atoms with Gasteiger partial charge < -0.3 is 20.1 Å². The van der Waals surface area contributed by atoms with E-state index < -0.39 is 17.9 Å². The van der Waals surface area contributed by atoms with Crippen molar-refractivity contribution in [3.05, 3.63) is 57.4 Å². The summed E-state index contributed by atoms with van der Waals surface area (Å²) in [6, 6.07) is 9.26. The molecule has 0 aliphatic rings. The van der Waals surface area contributed by atoms with E-state index in [2.05, 4.69) is 15.6 Å². The number of carbonyl (C=O) groups is 2. The monoisotopic (exact) mass is 479 g/mol. The molecule has 0 saturated carbocycles. The van der Waals surface area contributed by atoms with Gasteiger partial charge in [-0.1, -0.05) is 29.3 Å². The Bertz CT molecular complexity index is 1120. The van der Waals surface area contributed by atoms with Crippen LogP contribution in [-0.4, -0.2) is 37.1 Å². The number of carbonyl (C=O) groups excluding carboxylic acids is 2. The van der Waals surface area contributed by atoms with Crippen LogP contribution in [0.15, 0.2) is 41.8 Å². The number of nitrogens with one attached hydrogen (secondary N) is 2. The van der Waals surface area contributed by atoms with Crippen molar-refractivity contribution < 1.29 is 19.1 Å². The maximum atomic E-state index is 12.5. The third-order valence-electron chi connectivity index (χ3n) is 4.35. The molecule has 0 fully saturated rings. The van der Waals surface area contributed by atoms with E-state index >= 15 is 0 Å². The lowest BCUT2D eigenvalue weighted by Crippen LogP contribution is -2.41. The molecule has 0 spiro atoms. The number of nitrogens with zero attached hydrogens (tertiary/aromatic N) is 1. The summed E-state index contributed by atoms with van der Waals surface area (Å²) in [6.07, 6.45) is 0. The quantitative estimate of drug-likeness (QED) is 0.503. The Morgan fingerprint density at radius 3 is 2.61 bits per heavy atom. The standard InChI is InChI=1S/C21H19Cl2N3O4S/c1-11(24-20(28)13-5-4-6-15(22)18(13)23)19(27)26-21-25-16(10-31-21)14-9-12(29-2)7-8-17(14)30-3/h4-11H,1-3H3,(H,24,28)(H,25,26,27). The van der Waals surface area contributed by atoms with Crippen LogP contribution in [0.2, 0.25) is 10.0 Å². The summed E-state index contributed by atoms with van der Waals surface area (Å²) >= 11 is 13.3. The second-order valence-electron chi connectivity index (χ2n) is 6.39. The Hall–Kier alpha value is -2.81. The summed E-state index contributed by atoms with van der Waals surface area (Å²) in [5.74, 6) is 0.356. The van der Waals surface area contributed by atoms with E-state index in [0.717, 1.165) is 5.56 Å². The lowest BCUT2D eigenvalue weighted by atomic mass is 10.1. The van der Waals surface area contributed by atoms with E-state index in [9.17, 15) is 9.59 Å². The number of benzene rings is 2. The second-order valence-corrected chi connectivity index (χ2v) is 8.03. The molecule has 162 valence electrons. The van der Waals surface area contributed by atoms with Crippen LogP contribution >= 0.6 is 34.5 Å². The Labute approximate surface area is 193 Å². The first-order valence-corrected chi connectivity index (χ1v) is 10.7. The van der Waals surface area contributed by atoms with Gasteiger partial charge in [0.25, 0.3) is 5.91 Å². The largest absolute Gasteiger partial charge is 0.497 e. The number of hydrogen-bond acceptors (Lipinski definition) is 6. The highest BCUT2D eigenvalue weighted by atomic mass is 35.5. The summed E-state index contributed by atoms with van der Waals surface area (Å²) in [4.78, 5) is 29.4. The molecule has 1 heterocycles. The molecule has 1 atom stereocenters. The van der Waals surface area contributed by atoms with Crippen molar-refractivity contribution in [3.63, 3.8) is 0 Å². The summed E-state index contributed by atoms with van der Waals surface area (Å²) in [5, 5.41) is 7.87. The van der Waals surface area contributed by atoms with Crippen molar-refractivity contribution in [1.82, 2.24) is 10.3 Å². The van der Waals surface area contributed by atoms with Crippen molar-refractivity contribution in [2.24, 2.45) is 0 Å². The van der Waals surface area contributed by atoms with Crippen molar-refractivity contribution in [2.45, 2.75) is 13.0 Å². The number of amides is 2. The Kier molecular flexibility index (Phi) is 7.37. The van der Waals surface area contributed by atoms with Gasteiger partial charge in [-0.15, -0.1) is 11.3 Å². The van der Waals surface area contributed by atoms with Crippen molar-refractivity contribution in [3.8, 4) is 22.8 Å². The zero-order chi connectivity index (χ0) is 22.5. The first-order valence-electron chi connectivity index (χ1n) is 9.07. The number of ether oxygens (including phenoxy) is 2. The Balaban J connectivity index is 1.70. The van der Waals surface area contributed by atoms with E-state index in [1.807, 2.05) is 0 Å². The molecule has 7 nitrogen and oxygen atoms in total. The summed E-state index contributed by atoms with van der Waals surface area (Å²) in [6.45, 7) is 1.56. The zero-order valence-corrected chi connectivity index (χ0v) is 19.2. The highest BCUT2D eigenvalue weighted by Gasteiger charge is 2.20. The van der Waals surface area contributed by atoms with Gasteiger partial charge in [0.15, 0.2) is 5.13 Å². The lowest BCUT2D eigenvalue weighted by molar-refractivity contribution is -0.117. The normalized spacial score (nSPS) is 11.5. The van der Waals surface area contributed by atoms with Gasteiger partial charge in [0.1, 0.15) is 17.5 Å². The number of hydrogen-bond donors (Lipinski definition) is 2. The Morgan fingerprint density at radius 2 is 1.90 bits per heavy atom. The van der Waals surface area contributed by atoms with Crippen molar-refractivity contribution in [2.75, 3.05) is 19.5 Å². The van der Waals surface area contributed by atoms with Crippen LogP contribution in [0.4, 0.5) is 5.13 Å². The Morgan fingerprint density at radius 1 is 1.13 bits per heavy atom. The second kappa shape index (κ2) is 10.00. The van der Waals surface area contributed by atoms with Crippen LogP contribution in [0.5, 0.6) is 11.5 Å². The molecule has 0 bridgehead atoms. The van der Waals surface area contributed by atoms with E-state index in [1.165, 1.54) is 17.4 Å². The predicted octanol–water partition coefficient (Wildman–Crippen LogP) is 4.89. The lowest BCUT2D eigenvalue weighted by Gasteiger charge is -2.14. The smallest absolute Gasteiger partial charge is 0.253 e. The minimum atomic E-state index is -0.832. The maximum Gasteiger partial charge on any atom is 0.253 e. The van der Waals surface area contributed by atoms with Crippen LogP contribution in [0.3, 0.4) is 0 Å². The number of anilines is 1. The molecule has 0 aliphatic carbocycles. The summed E-state index contributed by atoms with van der Waals surface area (Å²) < 4.78 is 10.6. The van der Waals surface area contributed by atoms with Gasteiger partial charge in [0.2, 0.25) is 5.91 Å². The van der Waals surface area contributed by atoms with Gasteiger partial charge in [-0.2, -0.15) is 0 Å². The fourth-order valence-corrected chi connectivity index (χ4v) is 3.80. The van der Waals surface area contributed by atoms with Gasteiger partial charge in [-0.3, -0.25) is 9.59 Å². The minimum Gasteiger partial charge on any atom is -0.497 e. The average molecular weight is 480 g/mol. The highest BCUT2D eigenvalue weighted by molar-refractivity contribution is 7.14. The molecule has 10 heteroatoms. The van der Waals surface area contributed by atoms with Gasteiger partial charge in [0.05, 0.1) is 35.5 Å². The minimum absolute atomic E-state index is 0.131. The molecule has 0 saturated heterocycles. The van der Waals surface area contributed by atoms with Crippen LogP contribution in [0.25, 0.3) is 11.3 Å². The van der Waals surface area contributed by atoms with E-state index in [1.54, 1.807) is 56.9 Å². The third-order valence-corrected chi connectivity index (χ3v) is 5.93. The SMILES string of the molecule is COc1ccc(OC)c(-c2csc(NC(=O)C(C)NC(=O)c3cccc(Cl)c3Cl)n2)c1. The van der Waals surface area contributed by atoms with Crippen molar-refractivity contribution in [1.29, 1.82) is 0 Å². The molecule has 0 aliphatic heterocycles. The third kappa shape index (κ3) is 5.28. The molecular weight excluding hydrogens is 461 g/mol. The van der Waals surface area contributed by atoms with Gasteiger partial charge in [-0.05, 0) is 37.3 Å².